The van der Waals surface area contributed by atoms with Gasteiger partial charge < -0.3 is 9.47 Å². The van der Waals surface area contributed by atoms with Crippen LogP contribution in [0.5, 0.6) is 0 Å². The summed E-state index contributed by atoms with van der Waals surface area (Å²) in [5.41, 5.74) is 1.63. The average Bonchev–Trinajstić information content (AvgIpc) is 2.79. The molecule has 0 saturated carbocycles. The van der Waals surface area contributed by atoms with Gasteiger partial charge in [0.1, 0.15) is 0 Å². The highest BCUT2D eigenvalue weighted by atomic mass is 32.2. The number of morpholine rings is 1. The predicted molar refractivity (Wildman–Crippen MR) is 120 cm³/mol. The molecule has 3 aromatic rings. The molecule has 2 fully saturated rings. The smallest absolute Gasteiger partial charge is 0.243 e. The summed E-state index contributed by atoms with van der Waals surface area (Å²) < 4.78 is 40.5. The number of sulfonamides is 1. The van der Waals surface area contributed by atoms with E-state index < -0.39 is 15.6 Å². The summed E-state index contributed by atoms with van der Waals surface area (Å²) in [5.74, 6) is 0. The van der Waals surface area contributed by atoms with E-state index in [1.54, 1.807) is 16.4 Å². The summed E-state index contributed by atoms with van der Waals surface area (Å²) in [6.45, 7) is 3.64. The summed E-state index contributed by atoms with van der Waals surface area (Å²) in [6, 6.07) is 21.7. The first-order valence-corrected chi connectivity index (χ1v) is 12.2. The first-order chi connectivity index (χ1) is 15.0. The summed E-state index contributed by atoms with van der Waals surface area (Å²) in [7, 11) is -3.55. The van der Waals surface area contributed by atoms with Crippen molar-refractivity contribution in [3.8, 4) is 0 Å². The molecular formula is C25H27NO4S. The van der Waals surface area contributed by atoms with Crippen molar-refractivity contribution >= 4 is 20.8 Å². The third kappa shape index (κ3) is 4.01. The molecule has 2 aliphatic rings. The molecule has 0 aromatic heterocycles. The lowest BCUT2D eigenvalue weighted by Crippen LogP contribution is -2.56. The van der Waals surface area contributed by atoms with Gasteiger partial charge in [-0.1, -0.05) is 54.1 Å². The fourth-order valence-corrected chi connectivity index (χ4v) is 6.16. The molecule has 0 radical (unpaired) electrons. The Morgan fingerprint density at radius 1 is 0.968 bits per heavy atom. The second-order valence-corrected chi connectivity index (χ2v) is 10.5. The normalized spacial score (nSPS) is 25.1. The van der Waals surface area contributed by atoms with Gasteiger partial charge in [0.25, 0.3) is 0 Å². The highest BCUT2D eigenvalue weighted by molar-refractivity contribution is 7.89. The fraction of sp³-hybridized carbons (Fsp3) is 0.360. The molecular weight excluding hydrogens is 410 g/mol. The van der Waals surface area contributed by atoms with Gasteiger partial charge in [-0.25, -0.2) is 8.42 Å². The number of ether oxygens (including phenoxy) is 2. The van der Waals surface area contributed by atoms with Crippen LogP contribution in [0, 0.1) is 6.92 Å². The van der Waals surface area contributed by atoms with Gasteiger partial charge in [0.15, 0.2) is 0 Å². The van der Waals surface area contributed by atoms with Crippen molar-refractivity contribution in [3.63, 3.8) is 0 Å². The lowest BCUT2D eigenvalue weighted by atomic mass is 9.86. The van der Waals surface area contributed by atoms with Crippen molar-refractivity contribution in [2.45, 2.75) is 36.4 Å². The molecule has 3 aromatic carbocycles. The van der Waals surface area contributed by atoms with Crippen LogP contribution in [-0.2, 0) is 19.5 Å². The molecule has 2 saturated heterocycles. The molecule has 5 rings (SSSR count). The van der Waals surface area contributed by atoms with Crippen LogP contribution in [0.25, 0.3) is 10.8 Å². The fourth-order valence-electron chi connectivity index (χ4n) is 4.66. The Bertz CT molecular complexity index is 1190. The minimum absolute atomic E-state index is 0.111. The molecule has 31 heavy (non-hydrogen) atoms. The minimum atomic E-state index is -3.55. The minimum Gasteiger partial charge on any atom is -0.373 e. The highest BCUT2D eigenvalue weighted by Gasteiger charge is 2.45. The van der Waals surface area contributed by atoms with Crippen LogP contribution in [0.4, 0.5) is 0 Å². The van der Waals surface area contributed by atoms with E-state index in [1.165, 1.54) is 10.8 Å². The second kappa shape index (κ2) is 8.02. The zero-order chi connectivity index (χ0) is 21.5. The largest absolute Gasteiger partial charge is 0.373 e. The first-order valence-electron chi connectivity index (χ1n) is 10.8. The van der Waals surface area contributed by atoms with Crippen LogP contribution in [-0.4, -0.2) is 44.6 Å². The third-order valence-electron chi connectivity index (χ3n) is 6.45. The van der Waals surface area contributed by atoms with Crippen molar-refractivity contribution < 1.29 is 17.9 Å². The van der Waals surface area contributed by atoms with Gasteiger partial charge in [-0.2, -0.15) is 4.31 Å². The summed E-state index contributed by atoms with van der Waals surface area (Å²) in [5, 5.41) is 2.37. The van der Waals surface area contributed by atoms with Crippen LogP contribution in [0.3, 0.4) is 0 Å². The number of hydrogen-bond donors (Lipinski definition) is 0. The number of nitrogens with zero attached hydrogens (tertiary/aromatic N) is 1. The van der Waals surface area contributed by atoms with E-state index in [-0.39, 0.29) is 6.10 Å². The van der Waals surface area contributed by atoms with Gasteiger partial charge in [-0.15, -0.1) is 0 Å². The van der Waals surface area contributed by atoms with E-state index in [2.05, 4.69) is 30.3 Å². The standard InChI is InChI=1S/C25H27NO4S/c1-19-6-10-23(11-7-19)31(27,28)26-13-15-30-25(18-26)12-14-29-24(17-25)22-9-8-20-4-2-3-5-21(20)16-22/h2-11,16,24H,12-15,17-18H2,1H3/t24-,25+/m1/s1. The maximum atomic E-state index is 13.3. The van der Waals surface area contributed by atoms with Crippen LogP contribution >= 0.6 is 0 Å². The van der Waals surface area contributed by atoms with Crippen molar-refractivity contribution in [3.05, 3.63) is 77.9 Å². The van der Waals surface area contributed by atoms with Gasteiger partial charge in [-0.3, -0.25) is 0 Å². The molecule has 1 spiro atoms. The Morgan fingerprint density at radius 2 is 1.74 bits per heavy atom. The zero-order valence-electron chi connectivity index (χ0n) is 17.7. The van der Waals surface area contributed by atoms with E-state index in [1.807, 2.05) is 31.2 Å². The number of rotatable bonds is 3. The van der Waals surface area contributed by atoms with E-state index in [0.29, 0.717) is 44.0 Å². The summed E-state index contributed by atoms with van der Waals surface area (Å²) >= 11 is 0. The second-order valence-electron chi connectivity index (χ2n) is 8.60. The van der Waals surface area contributed by atoms with E-state index in [0.717, 1.165) is 11.1 Å². The van der Waals surface area contributed by atoms with Crippen LogP contribution in [0.2, 0.25) is 0 Å². The molecule has 0 N–H and O–H groups in total. The SMILES string of the molecule is Cc1ccc(S(=O)(=O)N2CCO[C@]3(CCO[C@@H](c4ccc5ccccc5c4)C3)C2)cc1. The summed E-state index contributed by atoms with van der Waals surface area (Å²) in [6.07, 6.45) is 1.22. The molecule has 0 unspecified atom stereocenters. The number of benzene rings is 3. The summed E-state index contributed by atoms with van der Waals surface area (Å²) in [4.78, 5) is 0.341. The van der Waals surface area contributed by atoms with Gasteiger partial charge in [0, 0.05) is 25.9 Å². The van der Waals surface area contributed by atoms with E-state index in [4.69, 9.17) is 9.47 Å². The van der Waals surface area contributed by atoms with Crippen molar-refractivity contribution in [2.24, 2.45) is 0 Å². The molecule has 0 amide bonds. The van der Waals surface area contributed by atoms with Crippen molar-refractivity contribution in [1.29, 1.82) is 0 Å². The molecule has 0 bridgehead atoms. The lowest BCUT2D eigenvalue weighted by Gasteiger charge is -2.46. The molecule has 2 aliphatic heterocycles. The average molecular weight is 438 g/mol. The van der Waals surface area contributed by atoms with Crippen LogP contribution in [0.15, 0.2) is 71.6 Å². The molecule has 2 heterocycles. The first kappa shape index (κ1) is 20.6. The predicted octanol–water partition coefficient (Wildman–Crippen LogP) is 4.46. The lowest BCUT2D eigenvalue weighted by molar-refractivity contribution is -0.163. The molecule has 5 nitrogen and oxygen atoms in total. The Hall–Kier alpha value is -2.25. The Balaban J connectivity index is 1.39. The van der Waals surface area contributed by atoms with Gasteiger partial charge in [0.2, 0.25) is 10.0 Å². The van der Waals surface area contributed by atoms with Gasteiger partial charge in [0.05, 0.1) is 29.8 Å². The van der Waals surface area contributed by atoms with Gasteiger partial charge in [-0.05, 0) is 41.5 Å². The van der Waals surface area contributed by atoms with E-state index >= 15 is 0 Å². The Labute approximate surface area is 183 Å². The van der Waals surface area contributed by atoms with Gasteiger partial charge >= 0.3 is 0 Å². The number of fused-ring (bicyclic) bond motifs is 1. The van der Waals surface area contributed by atoms with Crippen molar-refractivity contribution in [2.75, 3.05) is 26.3 Å². The molecule has 162 valence electrons. The number of hydrogen-bond acceptors (Lipinski definition) is 4. The highest BCUT2D eigenvalue weighted by Crippen LogP contribution is 2.40. The van der Waals surface area contributed by atoms with Crippen LogP contribution in [0.1, 0.15) is 30.1 Å². The molecule has 2 atom stereocenters. The monoisotopic (exact) mass is 437 g/mol. The maximum Gasteiger partial charge on any atom is 0.243 e. The molecule has 6 heteroatoms. The Morgan fingerprint density at radius 3 is 2.55 bits per heavy atom. The van der Waals surface area contributed by atoms with E-state index in [9.17, 15) is 8.42 Å². The quantitative estimate of drug-likeness (QED) is 0.607. The topological polar surface area (TPSA) is 55.8 Å². The zero-order valence-corrected chi connectivity index (χ0v) is 18.5. The Kier molecular flexibility index (Phi) is 5.34. The number of aryl methyl sites for hydroxylation is 1. The maximum absolute atomic E-state index is 13.3. The van der Waals surface area contributed by atoms with Crippen molar-refractivity contribution in [1.82, 2.24) is 4.31 Å². The van der Waals surface area contributed by atoms with Crippen LogP contribution < -0.4 is 0 Å². The third-order valence-corrected chi connectivity index (χ3v) is 8.31. The molecule has 0 aliphatic carbocycles.